The number of carbonyl (C=O) groups excluding carboxylic acids is 2. The fourth-order valence-corrected chi connectivity index (χ4v) is 6.05. The molecule has 34 heavy (non-hydrogen) atoms. The van der Waals surface area contributed by atoms with Crippen molar-refractivity contribution in [1.29, 1.82) is 0 Å². The van der Waals surface area contributed by atoms with Crippen LogP contribution in [-0.4, -0.2) is 99.7 Å². The molecule has 0 spiro atoms. The van der Waals surface area contributed by atoms with E-state index in [1.54, 1.807) is 0 Å². The summed E-state index contributed by atoms with van der Waals surface area (Å²) in [4.78, 5) is 48.2. The zero-order valence-corrected chi connectivity index (χ0v) is 19.5. The number of carboxylic acids is 2. The predicted octanol–water partition coefficient (Wildman–Crippen LogP) is 0.274. The van der Waals surface area contributed by atoms with Crippen LogP contribution in [0.15, 0.2) is 16.4 Å². The number of carbonyl (C=O) groups is 4. The topological polar surface area (TPSA) is 168 Å². The molecule has 0 aromatic carbocycles. The monoisotopic (exact) mass is 542 g/mol. The van der Waals surface area contributed by atoms with Crippen LogP contribution < -0.4 is 5.32 Å². The summed E-state index contributed by atoms with van der Waals surface area (Å²) in [5, 5.41) is 31.4. The second-order valence-corrected chi connectivity index (χ2v) is 9.97. The molecule has 3 rings (SSSR count). The van der Waals surface area contributed by atoms with Crippen molar-refractivity contribution < 1.29 is 42.6 Å². The number of aryl methyl sites for hydroxylation is 1. The Bertz CT molecular complexity index is 1020. The Morgan fingerprint density at radius 1 is 1.26 bits per heavy atom. The molecule has 1 aromatic heterocycles. The average Bonchev–Trinajstić information content (AvgIpc) is 3.20. The third-order valence-electron chi connectivity index (χ3n) is 4.48. The van der Waals surface area contributed by atoms with E-state index in [9.17, 15) is 37.5 Å². The summed E-state index contributed by atoms with van der Waals surface area (Å²) in [6, 6.07) is -1.03. The molecule has 12 nitrogen and oxygen atoms in total. The fourth-order valence-electron chi connectivity index (χ4n) is 3.06. The number of nitrogens with one attached hydrogen (secondary N) is 1. The van der Waals surface area contributed by atoms with Crippen molar-refractivity contribution in [3.63, 3.8) is 0 Å². The van der Waals surface area contributed by atoms with Crippen molar-refractivity contribution in [2.75, 3.05) is 23.0 Å². The maximum Gasteiger partial charge on any atom is 0.397 e. The molecule has 0 radical (unpaired) electrons. The van der Waals surface area contributed by atoms with Gasteiger partial charge in [-0.3, -0.25) is 19.3 Å². The van der Waals surface area contributed by atoms with E-state index in [2.05, 4.69) is 20.8 Å². The van der Waals surface area contributed by atoms with E-state index in [1.165, 1.54) is 16.4 Å². The van der Waals surface area contributed by atoms with Crippen LogP contribution >= 0.6 is 35.3 Å². The molecule has 186 valence electrons. The first-order chi connectivity index (χ1) is 16.0. The van der Waals surface area contributed by atoms with Crippen LogP contribution in [0.5, 0.6) is 0 Å². The highest BCUT2D eigenvalue weighted by atomic mass is 32.2. The van der Waals surface area contributed by atoms with Gasteiger partial charge in [0, 0.05) is 11.5 Å². The Labute approximate surface area is 202 Å². The Morgan fingerprint density at radius 2 is 2.00 bits per heavy atom. The lowest BCUT2D eigenvalue weighted by Crippen LogP contribution is -2.70. The number of halogens is 3. The number of fused-ring (bicyclic) bond motifs is 1. The van der Waals surface area contributed by atoms with Crippen LogP contribution in [0.4, 0.5) is 13.2 Å². The predicted molar refractivity (Wildman–Crippen MR) is 114 cm³/mol. The number of thioether (sulfide) groups is 3. The number of aliphatic carboxylic acids is 2. The number of hydrogen-bond acceptors (Lipinski definition) is 10. The van der Waals surface area contributed by atoms with Crippen molar-refractivity contribution in [2.24, 2.45) is 0 Å². The summed E-state index contributed by atoms with van der Waals surface area (Å²) >= 11 is 2.66. The van der Waals surface area contributed by atoms with Gasteiger partial charge in [0.05, 0.1) is 24.5 Å². The first-order valence-electron chi connectivity index (χ1n) is 9.42. The van der Waals surface area contributed by atoms with E-state index in [-0.39, 0.29) is 35.3 Å². The van der Waals surface area contributed by atoms with E-state index in [4.69, 9.17) is 5.11 Å². The lowest BCUT2D eigenvalue weighted by molar-refractivity contribution is -0.150. The molecule has 2 aliphatic heterocycles. The van der Waals surface area contributed by atoms with Gasteiger partial charge in [-0.2, -0.15) is 13.2 Å². The van der Waals surface area contributed by atoms with Gasteiger partial charge in [0.1, 0.15) is 17.1 Å². The first kappa shape index (κ1) is 26.1. The standard InChI is InChI=1S/C16H17F3N6O6S3/c17-16(18,19)6-32-5-8(26)20-10-12(29)25-11(14(30)31)7(3-33-13(10)25)4-34-15-21-22-23-24(15)2-1-9(27)28/h10,13H,1-6H2,(H,20,26)(H,27,28)(H,30,31)/t10?,13-/m1/s1. The number of rotatable bonds is 11. The normalized spacial score (nSPS) is 20.1. The SMILES string of the molecule is O=C(O)CCn1nnnc1SCC1=C(C(=O)O)N2C(=O)C(NC(=O)CSCC(F)(F)F)[C@H]2SC1. The highest BCUT2D eigenvalue weighted by Crippen LogP contribution is 2.41. The molecule has 1 unspecified atom stereocenters. The van der Waals surface area contributed by atoms with E-state index < -0.39 is 52.9 Å². The van der Waals surface area contributed by atoms with Crippen LogP contribution in [0.25, 0.3) is 0 Å². The van der Waals surface area contributed by atoms with Crippen LogP contribution in [0, 0.1) is 0 Å². The second kappa shape index (κ2) is 10.9. The van der Waals surface area contributed by atoms with Gasteiger partial charge in [-0.1, -0.05) is 11.8 Å². The molecule has 18 heteroatoms. The molecule has 1 aromatic rings. The molecule has 0 bridgehead atoms. The number of hydrogen-bond donors (Lipinski definition) is 3. The minimum atomic E-state index is -4.41. The number of nitrogens with zero attached hydrogens (tertiary/aromatic N) is 5. The van der Waals surface area contributed by atoms with Crippen molar-refractivity contribution in [3.05, 3.63) is 11.3 Å². The van der Waals surface area contributed by atoms with Gasteiger partial charge in [0.2, 0.25) is 11.1 Å². The van der Waals surface area contributed by atoms with Gasteiger partial charge in [0.25, 0.3) is 5.91 Å². The molecule has 1 fully saturated rings. The van der Waals surface area contributed by atoms with Gasteiger partial charge >= 0.3 is 18.1 Å². The van der Waals surface area contributed by atoms with Crippen molar-refractivity contribution in [3.8, 4) is 0 Å². The molecule has 1 saturated heterocycles. The quantitative estimate of drug-likeness (QED) is 0.258. The summed E-state index contributed by atoms with van der Waals surface area (Å²) in [6.45, 7) is 0.0274. The van der Waals surface area contributed by atoms with Gasteiger partial charge in [-0.05, 0) is 16.0 Å². The van der Waals surface area contributed by atoms with Gasteiger partial charge in [-0.15, -0.1) is 28.6 Å². The number of amides is 2. The van der Waals surface area contributed by atoms with Crippen molar-refractivity contribution in [1.82, 2.24) is 30.4 Å². The highest BCUT2D eigenvalue weighted by Gasteiger charge is 2.54. The van der Waals surface area contributed by atoms with E-state index in [1.807, 2.05) is 0 Å². The highest BCUT2D eigenvalue weighted by molar-refractivity contribution is 8.01. The number of alkyl halides is 3. The zero-order chi connectivity index (χ0) is 25.0. The van der Waals surface area contributed by atoms with E-state index in [0.717, 1.165) is 16.7 Å². The second-order valence-electron chi connectivity index (χ2n) is 6.94. The minimum Gasteiger partial charge on any atom is -0.481 e. The van der Waals surface area contributed by atoms with Crippen LogP contribution in [0.2, 0.25) is 0 Å². The molecule has 2 amide bonds. The number of tetrazole rings is 1. The van der Waals surface area contributed by atoms with E-state index in [0.29, 0.717) is 17.3 Å². The van der Waals surface area contributed by atoms with Crippen molar-refractivity contribution in [2.45, 2.75) is 35.7 Å². The Hall–Kier alpha value is -2.47. The van der Waals surface area contributed by atoms with E-state index >= 15 is 0 Å². The zero-order valence-electron chi connectivity index (χ0n) is 17.0. The first-order valence-corrected chi connectivity index (χ1v) is 12.6. The number of carboxylic acid groups (broad SMARTS) is 2. The van der Waals surface area contributed by atoms with Gasteiger partial charge < -0.3 is 15.5 Å². The largest absolute Gasteiger partial charge is 0.481 e. The van der Waals surface area contributed by atoms with Crippen LogP contribution in [0.1, 0.15) is 6.42 Å². The molecule has 3 N–H and O–H groups in total. The third kappa shape index (κ3) is 6.35. The Morgan fingerprint density at radius 3 is 2.65 bits per heavy atom. The fraction of sp³-hybridized carbons (Fsp3) is 0.562. The maximum atomic E-state index is 12.6. The molecular formula is C16H17F3N6O6S3. The molecule has 3 heterocycles. The van der Waals surface area contributed by atoms with Crippen LogP contribution in [-0.2, 0) is 25.7 Å². The lowest BCUT2D eigenvalue weighted by Gasteiger charge is -2.49. The Balaban J connectivity index is 1.62. The Kier molecular flexibility index (Phi) is 8.34. The smallest absolute Gasteiger partial charge is 0.397 e. The van der Waals surface area contributed by atoms with Gasteiger partial charge in [-0.25, -0.2) is 9.48 Å². The summed E-state index contributed by atoms with van der Waals surface area (Å²) in [5.74, 6) is -5.14. The molecular weight excluding hydrogens is 525 g/mol. The molecule has 2 aliphatic rings. The third-order valence-corrected chi connectivity index (χ3v) is 7.86. The van der Waals surface area contributed by atoms with Crippen molar-refractivity contribution >= 4 is 59.0 Å². The summed E-state index contributed by atoms with van der Waals surface area (Å²) in [6.07, 6.45) is -4.62. The lowest BCUT2D eigenvalue weighted by atomic mass is 10.0. The van der Waals surface area contributed by atoms with Gasteiger partial charge in [0.15, 0.2) is 0 Å². The minimum absolute atomic E-state index is 0.0274. The summed E-state index contributed by atoms with van der Waals surface area (Å²) in [7, 11) is 0. The molecule has 2 atom stereocenters. The average molecular weight is 543 g/mol. The summed E-state index contributed by atoms with van der Waals surface area (Å²) in [5.41, 5.74) is 0.174. The molecule has 0 aliphatic carbocycles. The molecule has 0 saturated carbocycles. The van der Waals surface area contributed by atoms with Crippen LogP contribution in [0.3, 0.4) is 0 Å². The summed E-state index contributed by atoms with van der Waals surface area (Å²) < 4.78 is 37.9. The number of β-lactam (4-membered cyclic amide) rings is 1. The number of aromatic nitrogens is 4. The maximum absolute atomic E-state index is 12.6.